The molecule has 0 saturated carbocycles. The first-order valence-corrected chi connectivity index (χ1v) is 11.1. The molecule has 0 bridgehead atoms. The first kappa shape index (κ1) is 22.5. The fraction of sp³-hybridized carbons (Fsp3) is 0.167. The van der Waals surface area contributed by atoms with Crippen LogP contribution in [0.2, 0.25) is 0 Å². The van der Waals surface area contributed by atoms with E-state index in [0.29, 0.717) is 28.0 Å². The summed E-state index contributed by atoms with van der Waals surface area (Å²) >= 11 is 1.21. The van der Waals surface area contributed by atoms with Gasteiger partial charge >= 0.3 is 0 Å². The number of thioether (sulfide) groups is 1. The van der Waals surface area contributed by atoms with E-state index in [-0.39, 0.29) is 30.6 Å². The van der Waals surface area contributed by atoms with Crippen molar-refractivity contribution in [2.45, 2.75) is 18.2 Å². The van der Waals surface area contributed by atoms with Gasteiger partial charge < -0.3 is 10.1 Å². The van der Waals surface area contributed by atoms with Gasteiger partial charge in [-0.05, 0) is 48.5 Å². The van der Waals surface area contributed by atoms with Crippen molar-refractivity contribution in [3.8, 4) is 5.75 Å². The first-order valence-electron chi connectivity index (χ1n) is 10.2. The highest BCUT2D eigenvalue weighted by molar-refractivity contribution is 8.15. The molecule has 1 N–H and O–H groups in total. The Morgan fingerprint density at radius 2 is 1.91 bits per heavy atom. The van der Waals surface area contributed by atoms with Gasteiger partial charge in [0.2, 0.25) is 11.8 Å². The van der Waals surface area contributed by atoms with Gasteiger partial charge in [0, 0.05) is 12.6 Å². The number of benzene rings is 2. The monoisotopic (exact) mass is 464 g/mol. The largest absolute Gasteiger partial charge is 0.495 e. The summed E-state index contributed by atoms with van der Waals surface area (Å²) in [6.07, 6.45) is 1.61. The molecule has 1 aromatic heterocycles. The number of rotatable bonds is 7. The molecule has 2 heterocycles. The molecule has 33 heavy (non-hydrogen) atoms. The number of amidine groups is 1. The summed E-state index contributed by atoms with van der Waals surface area (Å²) in [5.74, 6) is -0.384. The van der Waals surface area contributed by atoms with Crippen molar-refractivity contribution >= 4 is 40.1 Å². The minimum absolute atomic E-state index is 0.0390. The van der Waals surface area contributed by atoms with E-state index in [1.807, 2.05) is 12.1 Å². The third-order valence-electron chi connectivity index (χ3n) is 4.87. The zero-order chi connectivity index (χ0) is 23.2. The van der Waals surface area contributed by atoms with Gasteiger partial charge in [-0.2, -0.15) is 0 Å². The fourth-order valence-corrected chi connectivity index (χ4v) is 4.42. The number of pyridine rings is 1. The summed E-state index contributed by atoms with van der Waals surface area (Å²) in [5.41, 5.74) is 1.74. The predicted octanol–water partition coefficient (Wildman–Crippen LogP) is 4.39. The van der Waals surface area contributed by atoms with Crippen LogP contribution in [0.3, 0.4) is 0 Å². The number of nitrogens with zero attached hydrogens (tertiary/aromatic N) is 3. The molecule has 1 saturated heterocycles. The van der Waals surface area contributed by atoms with Crippen LogP contribution in [-0.2, 0) is 16.1 Å². The molecule has 0 radical (unpaired) electrons. The van der Waals surface area contributed by atoms with E-state index < -0.39 is 5.25 Å². The number of para-hydroxylation sites is 2. The molecule has 1 fully saturated rings. The van der Waals surface area contributed by atoms with Gasteiger partial charge in [-0.3, -0.25) is 19.5 Å². The van der Waals surface area contributed by atoms with Crippen LogP contribution in [0.15, 0.2) is 77.9 Å². The average Bonchev–Trinajstić information content (AvgIpc) is 3.10. The van der Waals surface area contributed by atoms with Crippen LogP contribution in [0.25, 0.3) is 0 Å². The fourth-order valence-electron chi connectivity index (χ4n) is 3.27. The SMILES string of the molecule is COc1ccccc1NC(=O)CC1SC(=Nc2ccc(F)cc2)N(Cc2ccccn2)C1=O. The minimum Gasteiger partial charge on any atom is -0.495 e. The van der Waals surface area contributed by atoms with Gasteiger partial charge in [0.1, 0.15) is 16.8 Å². The molecule has 1 aliphatic rings. The van der Waals surface area contributed by atoms with Crippen molar-refractivity contribution < 1.29 is 18.7 Å². The van der Waals surface area contributed by atoms with Crippen LogP contribution < -0.4 is 10.1 Å². The average molecular weight is 465 g/mol. The van der Waals surface area contributed by atoms with Gasteiger partial charge in [-0.1, -0.05) is 30.0 Å². The number of nitrogens with one attached hydrogen (secondary N) is 1. The number of anilines is 1. The lowest BCUT2D eigenvalue weighted by molar-refractivity contribution is -0.128. The molecular weight excluding hydrogens is 443 g/mol. The quantitative estimate of drug-likeness (QED) is 0.561. The topological polar surface area (TPSA) is 83.9 Å². The molecule has 0 spiro atoms. The lowest BCUT2D eigenvalue weighted by Gasteiger charge is -2.16. The summed E-state index contributed by atoms with van der Waals surface area (Å²) in [4.78, 5) is 36.2. The van der Waals surface area contributed by atoms with Gasteiger partial charge in [-0.25, -0.2) is 9.38 Å². The van der Waals surface area contributed by atoms with Crippen LogP contribution in [0, 0.1) is 5.82 Å². The van der Waals surface area contributed by atoms with Crippen molar-refractivity contribution in [1.82, 2.24) is 9.88 Å². The molecule has 7 nitrogen and oxygen atoms in total. The van der Waals surface area contributed by atoms with Crippen LogP contribution >= 0.6 is 11.8 Å². The number of hydrogen-bond acceptors (Lipinski definition) is 6. The Morgan fingerprint density at radius 1 is 1.15 bits per heavy atom. The molecule has 2 amide bonds. The van der Waals surface area contributed by atoms with E-state index in [9.17, 15) is 14.0 Å². The summed E-state index contributed by atoms with van der Waals surface area (Å²) in [6, 6.07) is 18.2. The number of ether oxygens (including phenoxy) is 1. The minimum atomic E-state index is -0.650. The maximum Gasteiger partial charge on any atom is 0.243 e. The number of methoxy groups -OCH3 is 1. The van der Waals surface area contributed by atoms with E-state index >= 15 is 0 Å². The third-order valence-corrected chi connectivity index (χ3v) is 6.04. The van der Waals surface area contributed by atoms with Crippen molar-refractivity contribution in [2.75, 3.05) is 12.4 Å². The molecule has 1 unspecified atom stereocenters. The third kappa shape index (κ3) is 5.56. The lowest BCUT2D eigenvalue weighted by Crippen LogP contribution is -2.33. The second-order valence-electron chi connectivity index (χ2n) is 7.18. The standard InChI is InChI=1S/C24H21FN4O3S/c1-32-20-8-3-2-7-19(20)28-22(30)14-21-23(31)29(15-18-6-4-5-13-26-18)24(33-21)27-17-11-9-16(25)10-12-17/h2-13,21H,14-15H2,1H3,(H,28,30). The molecular formula is C24H21FN4O3S. The van der Waals surface area contributed by atoms with Gasteiger partial charge in [-0.15, -0.1) is 0 Å². The Kier molecular flexibility index (Phi) is 6.99. The van der Waals surface area contributed by atoms with Gasteiger partial charge in [0.05, 0.1) is 30.7 Å². The second kappa shape index (κ2) is 10.3. The highest BCUT2D eigenvalue weighted by atomic mass is 32.2. The van der Waals surface area contributed by atoms with E-state index in [0.717, 1.165) is 0 Å². The van der Waals surface area contributed by atoms with E-state index in [1.54, 1.807) is 36.5 Å². The number of aliphatic imine (C=N–C) groups is 1. The smallest absolute Gasteiger partial charge is 0.243 e. The maximum atomic E-state index is 13.3. The van der Waals surface area contributed by atoms with Crippen LogP contribution in [-0.4, -0.2) is 39.2 Å². The number of carbonyl (C=O) groups is 2. The van der Waals surface area contributed by atoms with Crippen LogP contribution in [0.4, 0.5) is 15.8 Å². The van der Waals surface area contributed by atoms with Crippen LogP contribution in [0.1, 0.15) is 12.1 Å². The zero-order valence-electron chi connectivity index (χ0n) is 17.8. The molecule has 168 valence electrons. The summed E-state index contributed by atoms with van der Waals surface area (Å²) in [5, 5.41) is 2.59. The molecule has 0 aliphatic carbocycles. The van der Waals surface area contributed by atoms with Crippen molar-refractivity contribution in [1.29, 1.82) is 0 Å². The first-order chi connectivity index (χ1) is 16.0. The Balaban J connectivity index is 1.54. The number of halogens is 1. The highest BCUT2D eigenvalue weighted by Crippen LogP contribution is 2.33. The van der Waals surface area contributed by atoms with Crippen LogP contribution in [0.5, 0.6) is 5.75 Å². The molecule has 2 aromatic carbocycles. The molecule has 9 heteroatoms. The lowest BCUT2D eigenvalue weighted by atomic mass is 10.2. The van der Waals surface area contributed by atoms with E-state index in [1.165, 1.54) is 48.0 Å². The molecule has 1 aliphatic heterocycles. The Hall–Kier alpha value is -3.72. The van der Waals surface area contributed by atoms with E-state index in [2.05, 4.69) is 15.3 Å². The van der Waals surface area contributed by atoms with Crippen molar-refractivity contribution in [3.05, 3.63) is 84.4 Å². The zero-order valence-corrected chi connectivity index (χ0v) is 18.6. The molecule has 4 rings (SSSR count). The maximum absolute atomic E-state index is 13.3. The summed E-state index contributed by atoms with van der Waals surface area (Å²) < 4.78 is 18.5. The Morgan fingerprint density at radius 3 is 2.64 bits per heavy atom. The second-order valence-corrected chi connectivity index (χ2v) is 8.35. The molecule has 3 aromatic rings. The Bertz CT molecular complexity index is 1170. The van der Waals surface area contributed by atoms with Crippen molar-refractivity contribution in [3.63, 3.8) is 0 Å². The van der Waals surface area contributed by atoms with Gasteiger partial charge in [0.25, 0.3) is 0 Å². The number of amides is 2. The number of aromatic nitrogens is 1. The predicted molar refractivity (Wildman–Crippen MR) is 126 cm³/mol. The highest BCUT2D eigenvalue weighted by Gasteiger charge is 2.39. The molecule has 1 atom stereocenters. The number of carbonyl (C=O) groups excluding carboxylic acids is 2. The van der Waals surface area contributed by atoms with Gasteiger partial charge in [0.15, 0.2) is 5.17 Å². The van der Waals surface area contributed by atoms with E-state index in [4.69, 9.17) is 4.74 Å². The number of hydrogen-bond donors (Lipinski definition) is 1. The normalized spacial score (nSPS) is 16.8. The summed E-state index contributed by atoms with van der Waals surface area (Å²) in [6.45, 7) is 0.220. The Labute approximate surface area is 194 Å². The van der Waals surface area contributed by atoms with Crippen molar-refractivity contribution in [2.24, 2.45) is 4.99 Å². The summed E-state index contributed by atoms with van der Waals surface area (Å²) in [7, 11) is 1.52.